The van der Waals surface area contributed by atoms with Gasteiger partial charge in [-0.2, -0.15) is 5.26 Å². The third-order valence-corrected chi connectivity index (χ3v) is 6.33. The molecule has 0 saturated carbocycles. The maximum absolute atomic E-state index is 13.2. The standard InChI is InChI=1S/C24H27N5O3/c1-15-9-16(2)22(26-12-15)28-5-7-29(8-6-28)24(32)20-4-3-17(10-18(20)11-25)21-19(14-30)13-27-23(21)31/h3-4,9-10,12,19,21,30H,5-8,13-14H2,1-2H3,(H,27,31)/t19?,21-/m0/s1. The lowest BCUT2D eigenvalue weighted by Crippen LogP contribution is -2.49. The quantitative estimate of drug-likeness (QED) is 0.753. The predicted octanol–water partition coefficient (Wildman–Crippen LogP) is 1.35. The number of amides is 2. The summed E-state index contributed by atoms with van der Waals surface area (Å²) < 4.78 is 0. The lowest BCUT2D eigenvalue weighted by atomic mass is 9.87. The number of nitrogens with one attached hydrogen (secondary N) is 1. The van der Waals surface area contributed by atoms with Gasteiger partial charge in [0, 0.05) is 51.4 Å². The molecule has 0 bridgehead atoms. The van der Waals surface area contributed by atoms with Gasteiger partial charge in [0.1, 0.15) is 5.82 Å². The largest absolute Gasteiger partial charge is 0.396 e. The number of hydrogen-bond donors (Lipinski definition) is 2. The SMILES string of the molecule is Cc1cnc(N2CCN(C(=O)c3ccc([C@@H]4C(=O)NCC4CO)cc3C#N)CC2)c(C)c1. The molecule has 2 fully saturated rings. The van der Waals surface area contributed by atoms with Crippen molar-refractivity contribution in [3.63, 3.8) is 0 Å². The van der Waals surface area contributed by atoms with Crippen LogP contribution < -0.4 is 10.2 Å². The molecule has 8 nitrogen and oxygen atoms in total. The molecule has 2 amide bonds. The van der Waals surface area contributed by atoms with E-state index in [2.05, 4.69) is 27.3 Å². The smallest absolute Gasteiger partial charge is 0.255 e. The fourth-order valence-electron chi connectivity index (χ4n) is 4.63. The number of rotatable bonds is 4. The number of hydrogen-bond acceptors (Lipinski definition) is 6. The zero-order valence-electron chi connectivity index (χ0n) is 18.3. The molecule has 2 N–H and O–H groups in total. The van der Waals surface area contributed by atoms with E-state index in [1.807, 2.05) is 20.0 Å². The van der Waals surface area contributed by atoms with Crippen LogP contribution in [0.4, 0.5) is 5.82 Å². The number of carbonyl (C=O) groups excluding carboxylic acids is 2. The van der Waals surface area contributed by atoms with Crippen LogP contribution in [-0.4, -0.2) is 66.1 Å². The van der Waals surface area contributed by atoms with Gasteiger partial charge in [0.25, 0.3) is 5.91 Å². The summed E-state index contributed by atoms with van der Waals surface area (Å²) in [7, 11) is 0. The van der Waals surface area contributed by atoms with Crippen molar-refractivity contribution in [2.45, 2.75) is 19.8 Å². The van der Waals surface area contributed by atoms with E-state index in [1.165, 1.54) is 0 Å². The average molecular weight is 434 g/mol. The number of aromatic nitrogens is 1. The van der Waals surface area contributed by atoms with Gasteiger partial charge in [-0.15, -0.1) is 0 Å². The molecule has 0 radical (unpaired) electrons. The van der Waals surface area contributed by atoms with Gasteiger partial charge in [-0.05, 0) is 42.7 Å². The zero-order chi connectivity index (χ0) is 22.8. The Morgan fingerprint density at radius 2 is 2.00 bits per heavy atom. The van der Waals surface area contributed by atoms with Crippen LogP contribution in [0.3, 0.4) is 0 Å². The van der Waals surface area contributed by atoms with Crippen LogP contribution in [0.2, 0.25) is 0 Å². The second-order valence-corrected chi connectivity index (χ2v) is 8.51. The summed E-state index contributed by atoms with van der Waals surface area (Å²) in [6.07, 6.45) is 1.85. The summed E-state index contributed by atoms with van der Waals surface area (Å²) in [6.45, 7) is 6.76. The first-order valence-electron chi connectivity index (χ1n) is 10.8. The molecule has 2 aliphatic rings. The van der Waals surface area contributed by atoms with Crippen molar-refractivity contribution >= 4 is 17.6 Å². The molecular formula is C24H27N5O3. The van der Waals surface area contributed by atoms with Crippen molar-refractivity contribution < 1.29 is 14.7 Å². The number of piperazine rings is 1. The first-order chi connectivity index (χ1) is 15.4. The molecule has 0 spiro atoms. The Labute approximate surface area is 187 Å². The Bertz CT molecular complexity index is 1090. The van der Waals surface area contributed by atoms with Gasteiger partial charge in [0.05, 0.1) is 23.1 Å². The Hall–Kier alpha value is -3.44. The van der Waals surface area contributed by atoms with Crippen LogP contribution in [0, 0.1) is 31.1 Å². The number of aliphatic hydroxyl groups is 1. The zero-order valence-corrected chi connectivity index (χ0v) is 18.3. The van der Waals surface area contributed by atoms with E-state index in [1.54, 1.807) is 23.1 Å². The normalized spacial score (nSPS) is 20.8. The summed E-state index contributed by atoms with van der Waals surface area (Å²) in [4.78, 5) is 33.9. The van der Waals surface area contributed by atoms with Crippen molar-refractivity contribution in [1.29, 1.82) is 5.26 Å². The van der Waals surface area contributed by atoms with E-state index in [4.69, 9.17) is 0 Å². The second-order valence-electron chi connectivity index (χ2n) is 8.51. The van der Waals surface area contributed by atoms with Crippen molar-refractivity contribution in [2.75, 3.05) is 44.2 Å². The summed E-state index contributed by atoms with van der Waals surface area (Å²) in [5.74, 6) is -0.148. The predicted molar refractivity (Wildman–Crippen MR) is 119 cm³/mol. The van der Waals surface area contributed by atoms with Crippen molar-refractivity contribution in [3.8, 4) is 6.07 Å². The molecule has 2 atom stereocenters. The number of nitriles is 1. The third-order valence-electron chi connectivity index (χ3n) is 6.33. The highest BCUT2D eigenvalue weighted by Crippen LogP contribution is 2.30. The molecule has 3 heterocycles. The molecule has 2 aromatic rings. The minimum atomic E-state index is -0.509. The van der Waals surface area contributed by atoms with E-state index < -0.39 is 5.92 Å². The van der Waals surface area contributed by atoms with Gasteiger partial charge in [-0.1, -0.05) is 12.1 Å². The Kier molecular flexibility index (Phi) is 6.10. The first-order valence-corrected chi connectivity index (χ1v) is 10.8. The molecule has 1 aromatic carbocycles. The van der Waals surface area contributed by atoms with Gasteiger partial charge in [0.15, 0.2) is 0 Å². The van der Waals surface area contributed by atoms with Crippen molar-refractivity contribution in [1.82, 2.24) is 15.2 Å². The first kappa shape index (κ1) is 21.8. The lowest BCUT2D eigenvalue weighted by Gasteiger charge is -2.36. The highest BCUT2D eigenvalue weighted by Gasteiger charge is 2.36. The van der Waals surface area contributed by atoms with E-state index >= 15 is 0 Å². The maximum atomic E-state index is 13.2. The van der Waals surface area contributed by atoms with Gasteiger partial charge in [-0.3, -0.25) is 9.59 Å². The number of aryl methyl sites for hydroxylation is 2. The highest BCUT2D eigenvalue weighted by molar-refractivity contribution is 5.97. The molecule has 8 heteroatoms. The van der Waals surface area contributed by atoms with Crippen LogP contribution >= 0.6 is 0 Å². The molecule has 0 aliphatic carbocycles. The van der Waals surface area contributed by atoms with Crippen LogP contribution in [0.5, 0.6) is 0 Å². The fraction of sp³-hybridized carbons (Fsp3) is 0.417. The average Bonchev–Trinajstić information content (AvgIpc) is 3.18. The number of nitrogens with zero attached hydrogens (tertiary/aromatic N) is 4. The van der Waals surface area contributed by atoms with Crippen LogP contribution in [0.1, 0.15) is 38.5 Å². The van der Waals surface area contributed by atoms with Gasteiger partial charge < -0.3 is 20.2 Å². The number of pyridine rings is 1. The number of benzene rings is 1. The summed E-state index contributed by atoms with van der Waals surface area (Å²) >= 11 is 0. The lowest BCUT2D eigenvalue weighted by molar-refractivity contribution is -0.120. The van der Waals surface area contributed by atoms with Gasteiger partial charge >= 0.3 is 0 Å². The van der Waals surface area contributed by atoms with E-state index in [0.29, 0.717) is 43.9 Å². The summed E-state index contributed by atoms with van der Waals surface area (Å²) in [6, 6.07) is 9.19. The molecule has 2 saturated heterocycles. The molecule has 1 unspecified atom stereocenters. The van der Waals surface area contributed by atoms with Crippen molar-refractivity contribution in [3.05, 3.63) is 58.3 Å². The number of aliphatic hydroxyl groups excluding tert-OH is 1. The Morgan fingerprint density at radius 3 is 2.66 bits per heavy atom. The van der Waals surface area contributed by atoms with E-state index in [9.17, 15) is 20.0 Å². The van der Waals surface area contributed by atoms with Crippen LogP contribution in [0.25, 0.3) is 0 Å². The number of carbonyl (C=O) groups is 2. The molecule has 2 aliphatic heterocycles. The second kappa shape index (κ2) is 8.97. The third kappa shape index (κ3) is 4.04. The highest BCUT2D eigenvalue weighted by atomic mass is 16.3. The fourth-order valence-corrected chi connectivity index (χ4v) is 4.63. The molecule has 166 valence electrons. The topological polar surface area (TPSA) is 110 Å². The Balaban J connectivity index is 1.49. The minimum Gasteiger partial charge on any atom is -0.396 e. The minimum absolute atomic E-state index is 0.119. The van der Waals surface area contributed by atoms with Crippen LogP contribution in [0.15, 0.2) is 30.5 Å². The monoisotopic (exact) mass is 433 g/mol. The van der Waals surface area contributed by atoms with E-state index in [0.717, 1.165) is 16.9 Å². The molecule has 4 rings (SSSR count). The molecular weight excluding hydrogens is 406 g/mol. The summed E-state index contributed by atoms with van der Waals surface area (Å²) in [5, 5.41) is 22.0. The number of anilines is 1. The Morgan fingerprint density at radius 1 is 1.25 bits per heavy atom. The van der Waals surface area contributed by atoms with Crippen molar-refractivity contribution in [2.24, 2.45) is 5.92 Å². The van der Waals surface area contributed by atoms with Gasteiger partial charge in [0.2, 0.25) is 5.91 Å². The van der Waals surface area contributed by atoms with Gasteiger partial charge in [-0.25, -0.2) is 4.98 Å². The van der Waals surface area contributed by atoms with E-state index in [-0.39, 0.29) is 29.9 Å². The van der Waals surface area contributed by atoms with Crippen LogP contribution in [-0.2, 0) is 4.79 Å². The molecule has 32 heavy (non-hydrogen) atoms. The molecule has 1 aromatic heterocycles. The summed E-state index contributed by atoms with van der Waals surface area (Å²) in [5.41, 5.74) is 3.48. The maximum Gasteiger partial charge on any atom is 0.255 e.